The highest BCUT2D eigenvalue weighted by atomic mass is 32.1. The molecule has 0 spiro atoms. The maximum atomic E-state index is 12.3. The number of fused-ring (bicyclic) bond motifs is 1. The summed E-state index contributed by atoms with van der Waals surface area (Å²) in [4.78, 5) is 16.8. The highest BCUT2D eigenvalue weighted by molar-refractivity contribution is 7.80. The summed E-state index contributed by atoms with van der Waals surface area (Å²) in [5.74, 6) is 2.14. The second kappa shape index (κ2) is 10.3. The van der Waals surface area contributed by atoms with Crippen molar-refractivity contribution in [2.45, 2.75) is 0 Å². The highest BCUT2D eigenvalue weighted by Gasteiger charge is 2.10. The van der Waals surface area contributed by atoms with Crippen molar-refractivity contribution >= 4 is 46.1 Å². The zero-order chi connectivity index (χ0) is 24.9. The Hall–Kier alpha value is -4.69. The molecule has 36 heavy (non-hydrogen) atoms. The van der Waals surface area contributed by atoms with Gasteiger partial charge in [0.15, 0.2) is 10.7 Å². The van der Waals surface area contributed by atoms with Gasteiger partial charge >= 0.3 is 0 Å². The van der Waals surface area contributed by atoms with Crippen molar-refractivity contribution in [1.29, 1.82) is 0 Å². The SMILES string of the molecule is COc1ccc2oc(-c3ccc(NC(=S)NC(=O)/C=C/c4ccc(-c5ccccc5)o4)cc3)nc2c1. The summed E-state index contributed by atoms with van der Waals surface area (Å²) in [5.41, 5.74) is 3.88. The normalized spacial score (nSPS) is 11.0. The molecule has 0 aliphatic rings. The summed E-state index contributed by atoms with van der Waals surface area (Å²) >= 11 is 5.26. The van der Waals surface area contributed by atoms with Gasteiger partial charge in [0.05, 0.1) is 7.11 Å². The van der Waals surface area contributed by atoms with E-state index in [0.29, 0.717) is 34.2 Å². The molecule has 0 radical (unpaired) electrons. The molecule has 5 aromatic rings. The second-order valence-electron chi connectivity index (χ2n) is 7.77. The third-order valence-corrected chi connectivity index (χ3v) is 5.51. The van der Waals surface area contributed by atoms with E-state index in [2.05, 4.69) is 15.6 Å². The number of benzene rings is 3. The molecule has 0 aliphatic heterocycles. The van der Waals surface area contributed by atoms with Crippen molar-refractivity contribution in [2.24, 2.45) is 0 Å². The summed E-state index contributed by atoms with van der Waals surface area (Å²) in [5, 5.41) is 5.79. The van der Waals surface area contributed by atoms with Gasteiger partial charge in [-0.05, 0) is 66.8 Å². The smallest absolute Gasteiger partial charge is 0.250 e. The van der Waals surface area contributed by atoms with Crippen LogP contribution in [-0.2, 0) is 4.79 Å². The standard InChI is InChI=1S/C28H21N3O4S/c1-33-22-12-15-25-23(17-22)30-27(35-25)19-7-9-20(10-8-19)29-28(36)31-26(32)16-13-21-11-14-24(34-21)18-5-3-2-4-6-18/h2-17H,1H3,(H2,29,31,32,36)/b16-13+. The van der Waals surface area contributed by atoms with Gasteiger partial charge < -0.3 is 18.9 Å². The fourth-order valence-corrected chi connectivity index (χ4v) is 3.75. The maximum absolute atomic E-state index is 12.3. The molecular formula is C28H21N3O4S. The molecule has 3 aromatic carbocycles. The van der Waals surface area contributed by atoms with E-state index in [1.54, 1.807) is 19.3 Å². The number of furan rings is 1. The lowest BCUT2D eigenvalue weighted by atomic mass is 10.2. The zero-order valence-corrected chi connectivity index (χ0v) is 20.0. The summed E-state index contributed by atoms with van der Waals surface area (Å²) in [6.45, 7) is 0. The number of aromatic nitrogens is 1. The van der Waals surface area contributed by atoms with E-state index in [-0.39, 0.29) is 11.0 Å². The van der Waals surface area contributed by atoms with Gasteiger partial charge in [0, 0.05) is 29.0 Å². The van der Waals surface area contributed by atoms with Crippen LogP contribution in [-0.4, -0.2) is 23.1 Å². The molecule has 178 valence electrons. The molecule has 0 unspecified atom stereocenters. The summed E-state index contributed by atoms with van der Waals surface area (Å²) in [6, 6.07) is 26.2. The maximum Gasteiger partial charge on any atom is 0.250 e. The minimum atomic E-state index is -0.372. The number of hydrogen-bond donors (Lipinski definition) is 2. The number of methoxy groups -OCH3 is 1. The molecule has 7 nitrogen and oxygen atoms in total. The molecule has 1 amide bonds. The summed E-state index contributed by atoms with van der Waals surface area (Å²) in [6.07, 6.45) is 2.96. The van der Waals surface area contributed by atoms with Crippen LogP contribution in [0.15, 0.2) is 99.8 Å². The number of oxazole rings is 1. The fourth-order valence-electron chi connectivity index (χ4n) is 3.53. The van der Waals surface area contributed by atoms with E-state index < -0.39 is 0 Å². The highest BCUT2D eigenvalue weighted by Crippen LogP contribution is 2.27. The Kier molecular flexibility index (Phi) is 6.59. The fraction of sp³-hybridized carbons (Fsp3) is 0.0357. The molecule has 0 saturated carbocycles. The van der Waals surface area contributed by atoms with Gasteiger partial charge in [0.1, 0.15) is 22.8 Å². The Bertz CT molecular complexity index is 1550. The molecule has 0 aliphatic carbocycles. The topological polar surface area (TPSA) is 89.5 Å². The molecule has 0 atom stereocenters. The van der Waals surface area contributed by atoms with E-state index in [1.807, 2.05) is 78.9 Å². The molecule has 0 bridgehead atoms. The molecule has 0 fully saturated rings. The van der Waals surface area contributed by atoms with Gasteiger partial charge in [-0.3, -0.25) is 10.1 Å². The zero-order valence-electron chi connectivity index (χ0n) is 19.2. The van der Waals surface area contributed by atoms with Crippen molar-refractivity contribution in [3.63, 3.8) is 0 Å². The van der Waals surface area contributed by atoms with Gasteiger partial charge in [-0.1, -0.05) is 30.3 Å². The number of thiocarbonyl (C=S) groups is 1. The largest absolute Gasteiger partial charge is 0.497 e. The number of carbonyl (C=O) groups excluding carboxylic acids is 1. The van der Waals surface area contributed by atoms with Crippen molar-refractivity contribution < 1.29 is 18.4 Å². The van der Waals surface area contributed by atoms with E-state index in [1.165, 1.54) is 6.08 Å². The Morgan fingerprint density at radius 2 is 1.75 bits per heavy atom. The van der Waals surface area contributed by atoms with Gasteiger partial charge in [-0.25, -0.2) is 4.98 Å². The first-order valence-corrected chi connectivity index (χ1v) is 11.5. The number of ether oxygens (including phenoxy) is 1. The quantitative estimate of drug-likeness (QED) is 0.211. The minimum Gasteiger partial charge on any atom is -0.497 e. The second-order valence-corrected chi connectivity index (χ2v) is 8.18. The van der Waals surface area contributed by atoms with Crippen molar-refractivity contribution in [1.82, 2.24) is 10.3 Å². The lowest BCUT2D eigenvalue weighted by molar-refractivity contribution is -0.115. The number of nitrogens with zero attached hydrogens (tertiary/aromatic N) is 1. The average molecular weight is 496 g/mol. The van der Waals surface area contributed by atoms with Crippen LogP contribution in [0.3, 0.4) is 0 Å². The first-order valence-electron chi connectivity index (χ1n) is 11.1. The Morgan fingerprint density at radius 3 is 2.53 bits per heavy atom. The minimum absolute atomic E-state index is 0.177. The summed E-state index contributed by atoms with van der Waals surface area (Å²) in [7, 11) is 1.61. The molecular weight excluding hydrogens is 474 g/mol. The van der Waals surface area contributed by atoms with Gasteiger partial charge in [0.25, 0.3) is 0 Å². The van der Waals surface area contributed by atoms with Crippen LogP contribution in [0.25, 0.3) is 40.0 Å². The van der Waals surface area contributed by atoms with Gasteiger partial charge in [-0.15, -0.1) is 0 Å². The monoisotopic (exact) mass is 495 g/mol. The van der Waals surface area contributed by atoms with Crippen LogP contribution >= 0.6 is 12.2 Å². The van der Waals surface area contributed by atoms with Gasteiger partial charge in [-0.2, -0.15) is 0 Å². The van der Waals surface area contributed by atoms with Crippen LogP contribution in [0.2, 0.25) is 0 Å². The molecule has 0 saturated heterocycles. The van der Waals surface area contributed by atoms with Crippen LogP contribution < -0.4 is 15.4 Å². The van der Waals surface area contributed by atoms with Crippen LogP contribution in [0.5, 0.6) is 5.75 Å². The molecule has 2 aromatic heterocycles. The Labute approximate surface area is 212 Å². The van der Waals surface area contributed by atoms with E-state index in [0.717, 1.165) is 16.9 Å². The lowest BCUT2D eigenvalue weighted by Crippen LogP contribution is -2.32. The Balaban J connectivity index is 1.17. The third kappa shape index (κ3) is 5.34. The number of nitrogens with one attached hydrogen (secondary N) is 2. The van der Waals surface area contributed by atoms with Crippen LogP contribution in [0, 0.1) is 0 Å². The number of carbonyl (C=O) groups is 1. The predicted molar refractivity (Wildman–Crippen MR) is 144 cm³/mol. The number of rotatable bonds is 6. The van der Waals surface area contributed by atoms with Crippen LogP contribution in [0.4, 0.5) is 5.69 Å². The first kappa shape index (κ1) is 23.1. The Morgan fingerprint density at radius 1 is 0.944 bits per heavy atom. The van der Waals surface area contributed by atoms with Crippen LogP contribution in [0.1, 0.15) is 5.76 Å². The van der Waals surface area contributed by atoms with E-state index in [9.17, 15) is 4.79 Å². The van der Waals surface area contributed by atoms with Crippen molar-refractivity contribution in [3.05, 3.63) is 96.8 Å². The third-order valence-electron chi connectivity index (χ3n) is 5.31. The van der Waals surface area contributed by atoms with Gasteiger partial charge in [0.2, 0.25) is 11.8 Å². The first-order chi connectivity index (χ1) is 17.6. The van der Waals surface area contributed by atoms with Crippen molar-refractivity contribution in [3.8, 4) is 28.5 Å². The summed E-state index contributed by atoms with van der Waals surface area (Å²) < 4.78 is 16.8. The lowest BCUT2D eigenvalue weighted by Gasteiger charge is -2.08. The number of anilines is 1. The van der Waals surface area contributed by atoms with E-state index >= 15 is 0 Å². The number of amides is 1. The van der Waals surface area contributed by atoms with E-state index in [4.69, 9.17) is 25.8 Å². The van der Waals surface area contributed by atoms with Crippen molar-refractivity contribution in [2.75, 3.05) is 12.4 Å². The molecule has 8 heteroatoms. The predicted octanol–water partition coefficient (Wildman–Crippen LogP) is 6.29. The molecule has 2 heterocycles. The average Bonchev–Trinajstić information content (AvgIpc) is 3.55. The number of hydrogen-bond acceptors (Lipinski definition) is 6. The molecule has 2 N–H and O–H groups in total. The molecule has 5 rings (SSSR count).